The highest BCUT2D eigenvalue weighted by atomic mass is 16.6. The summed E-state index contributed by atoms with van der Waals surface area (Å²) in [4.78, 5) is 35.1. The van der Waals surface area contributed by atoms with Crippen LogP contribution in [0.2, 0.25) is 0 Å². The van der Waals surface area contributed by atoms with Crippen LogP contribution >= 0.6 is 0 Å². The molecule has 0 heterocycles. The Morgan fingerprint density at radius 1 is 0.188 bits per heavy atom. The summed E-state index contributed by atoms with van der Waals surface area (Å²) >= 11 is 0. The number of carbonyl (C=O) groups excluding carboxylic acids is 2. The van der Waals surface area contributed by atoms with Crippen molar-refractivity contribution in [2.45, 2.75) is 63.6 Å². The maximum atomic E-state index is 17.6. The molecule has 5 aliphatic rings. The number of benzene rings is 22. The zero-order chi connectivity index (χ0) is 52.3. The van der Waals surface area contributed by atoms with Gasteiger partial charge in [-0.15, -0.1) is 0 Å². The molecule has 0 bridgehead atoms. The molecule has 0 aliphatic heterocycles. The van der Waals surface area contributed by atoms with Crippen molar-refractivity contribution in [1.82, 2.24) is 0 Å². The maximum absolute atomic E-state index is 17.6. The fourth-order valence-corrected chi connectivity index (χ4v) is 29.7. The number of ether oxygens (including phenoxy) is 2. The van der Waals surface area contributed by atoms with E-state index in [1.54, 1.807) is 97.0 Å². The van der Waals surface area contributed by atoms with Crippen molar-refractivity contribution in [1.29, 1.82) is 0 Å². The van der Waals surface area contributed by atoms with Crippen LogP contribution in [0.5, 0.6) is 0 Å². The second kappa shape index (κ2) is 7.35. The molecule has 2 unspecified atom stereocenters. The zero-order valence-corrected chi connectivity index (χ0v) is 45.1. The van der Waals surface area contributed by atoms with E-state index in [2.05, 4.69) is 0 Å². The summed E-state index contributed by atoms with van der Waals surface area (Å²) in [6.07, 6.45) is 0. The third-order valence-corrected chi connectivity index (χ3v) is 29.5. The summed E-state index contributed by atoms with van der Waals surface area (Å²) in [5, 5.41) is 95.8. The Morgan fingerprint density at radius 3 is 0.447 bits per heavy atom. The van der Waals surface area contributed by atoms with Gasteiger partial charge < -0.3 is 9.47 Å². The molecule has 0 saturated heterocycles. The van der Waals surface area contributed by atoms with Crippen molar-refractivity contribution in [3.8, 4) is 0 Å². The molecule has 0 radical (unpaired) electrons. The van der Waals surface area contributed by atoms with E-state index >= 15 is 9.59 Å². The SMILES string of the molecule is CC(C)(C)OC(=O)C1(C(=O)OC(C)(C)C)C23c4c5c6c7c8c9c%10c(c%11c2c2c%12c4c4c5c5c%13c6c8c6c8c9c9c%10c%10c%11c%11c2c2c%12c%12c4c4c5c5c%14c%13c6c6c%13c8c8c9c9c%10c%11c%10c2c2c%12c%11c4c5c4c(c%146)c5c%13c8c6c9c%10c8c2c%11c4c5c86)C713. The molecule has 1 saturated carbocycles. The summed E-state index contributed by atoms with van der Waals surface area (Å²) in [5.74, 6) is -0.807. The molecule has 4 nitrogen and oxygen atoms in total. The molecule has 366 valence electrons. The molecule has 5 aliphatic carbocycles. The molecule has 33 aromatic rings. The molecule has 0 amide bonds. The number of carbonyl (C=O) groups is 2. The Bertz CT molecular complexity index is 8660. The van der Waals surface area contributed by atoms with E-state index < -0.39 is 39.4 Å². The Kier molecular flexibility index (Phi) is 2.89. The molecule has 1 fully saturated rings. The minimum Gasteiger partial charge on any atom is -0.459 e. The molecular weight excluding hydrogens is 1040 g/mol. The highest BCUT2D eigenvalue weighted by Crippen LogP contribution is 2.97. The van der Waals surface area contributed by atoms with Crippen LogP contribution in [-0.4, -0.2) is 23.1 Å². The number of esters is 2. The van der Waals surface area contributed by atoms with E-state index in [1.165, 1.54) is 270 Å². The van der Waals surface area contributed by atoms with E-state index in [-0.39, 0.29) is 0 Å². The van der Waals surface area contributed by atoms with Crippen LogP contribution in [0.15, 0.2) is 0 Å². The maximum Gasteiger partial charge on any atom is 0.326 e. The lowest BCUT2D eigenvalue weighted by atomic mass is 9.69. The Balaban J connectivity index is 1.08. The topological polar surface area (TPSA) is 52.6 Å². The molecule has 85 heavy (non-hydrogen) atoms. The Labute approximate surface area is 464 Å². The van der Waals surface area contributed by atoms with Crippen LogP contribution in [-0.2, 0) is 29.9 Å². The van der Waals surface area contributed by atoms with Gasteiger partial charge in [0.25, 0.3) is 0 Å². The smallest absolute Gasteiger partial charge is 0.326 e. The predicted molar refractivity (Wildman–Crippen MR) is 351 cm³/mol. The lowest BCUT2D eigenvalue weighted by molar-refractivity contribution is -0.179. The van der Waals surface area contributed by atoms with Crippen LogP contribution < -0.4 is 0 Å². The standard InChI is InChI=1S/C81H18O4/c1-77(2,3)84-75(82)81(76(83)85-78(4,5)6)79-71-64-57-45-37-25-21-11-8-7-9-12(11)22-26-24-16(9)18-14-10(7)13-17-15(8)23(25)31-29(17)35-33-19(13)20(14)34-36-30(18)32(24)44-46-38(26)40-28(22)27(21)39(37)47-48(40)60-58(46)65-63-52(44)50(36)56-54-42(34)41(33)53-55-49(35)51(43(31)45)62(64)66(55)73(79)70(61(53)54)74(67(56)63)80(79,81)72(65)69(60)68(71)59(47)57/h1-6H3. The number of hydrogen-bond acceptors (Lipinski definition) is 4. The Hall–Kier alpha value is -9.90. The summed E-state index contributed by atoms with van der Waals surface area (Å²) in [6, 6.07) is 0. The molecule has 2 spiro atoms. The Morgan fingerprint density at radius 2 is 0.294 bits per heavy atom. The lowest BCUT2D eigenvalue weighted by Crippen LogP contribution is -2.45. The molecule has 2 atom stereocenters. The van der Waals surface area contributed by atoms with Gasteiger partial charge in [-0.25, -0.2) is 0 Å². The second-order valence-corrected chi connectivity index (χ2v) is 32.8. The first-order valence-corrected chi connectivity index (χ1v) is 31.5. The third kappa shape index (κ3) is 1.81. The van der Waals surface area contributed by atoms with E-state index in [0.29, 0.717) is 0 Å². The lowest BCUT2D eigenvalue weighted by Gasteiger charge is -2.33. The van der Waals surface area contributed by atoms with Gasteiger partial charge in [-0.2, -0.15) is 0 Å². The fraction of sp³-hybridized carbons (Fsp3) is 0.136. The fourth-order valence-electron chi connectivity index (χ4n) is 29.7. The average Bonchev–Trinajstić information content (AvgIpc) is 1.36. The first-order valence-electron chi connectivity index (χ1n) is 31.5. The highest BCUT2D eigenvalue weighted by molar-refractivity contribution is 6.84. The minimum atomic E-state index is -1.78. The van der Waals surface area contributed by atoms with Crippen LogP contribution in [0, 0.1) is 5.41 Å². The first kappa shape index (κ1) is 33.4. The monoisotopic (exact) mass is 1050 g/mol. The highest BCUT2D eigenvalue weighted by Gasteiger charge is 3.02. The molecule has 38 rings (SSSR count). The zero-order valence-electron chi connectivity index (χ0n) is 45.1. The normalized spacial score (nSPS) is 22.0. The summed E-state index contributed by atoms with van der Waals surface area (Å²) in [7, 11) is 0. The largest absolute Gasteiger partial charge is 0.459 e. The number of rotatable bonds is 2. The van der Waals surface area contributed by atoms with E-state index in [4.69, 9.17) is 9.47 Å². The van der Waals surface area contributed by atoms with Gasteiger partial charge >= 0.3 is 11.9 Å². The third-order valence-electron chi connectivity index (χ3n) is 29.5. The molecule has 0 N–H and O–H groups in total. The van der Waals surface area contributed by atoms with Crippen molar-refractivity contribution < 1.29 is 19.1 Å². The van der Waals surface area contributed by atoms with Gasteiger partial charge in [-0.3, -0.25) is 9.59 Å². The second-order valence-electron chi connectivity index (χ2n) is 32.8. The van der Waals surface area contributed by atoms with Gasteiger partial charge in [0.15, 0.2) is 5.41 Å². The molecule has 4 heteroatoms. The summed E-state index contributed by atoms with van der Waals surface area (Å²) in [5.41, 5.74) is -0.770. The van der Waals surface area contributed by atoms with Gasteiger partial charge in [0.1, 0.15) is 11.2 Å². The van der Waals surface area contributed by atoms with E-state index in [1.807, 2.05) is 41.5 Å². The molecule has 0 aromatic heterocycles. The first-order chi connectivity index (χ1) is 41.5. The molecule has 33 aromatic carbocycles. The van der Waals surface area contributed by atoms with Crippen molar-refractivity contribution in [3.63, 3.8) is 0 Å². The average molecular weight is 1060 g/mol. The van der Waals surface area contributed by atoms with Gasteiger partial charge in [0.2, 0.25) is 0 Å². The van der Waals surface area contributed by atoms with E-state index in [9.17, 15) is 0 Å². The van der Waals surface area contributed by atoms with Gasteiger partial charge in [0.05, 0.1) is 10.8 Å². The van der Waals surface area contributed by atoms with Gasteiger partial charge in [-0.05, 0) is 403 Å². The van der Waals surface area contributed by atoms with Crippen molar-refractivity contribution in [2.24, 2.45) is 5.41 Å². The van der Waals surface area contributed by atoms with E-state index in [0.717, 1.165) is 0 Å². The van der Waals surface area contributed by atoms with Crippen molar-refractivity contribution in [2.75, 3.05) is 0 Å². The predicted octanol–water partition coefficient (Wildman–Crippen LogP) is 20.9. The summed E-state index contributed by atoms with van der Waals surface area (Å²) < 4.78 is 14.4. The quantitative estimate of drug-likeness (QED) is 0.0749. The van der Waals surface area contributed by atoms with Crippen LogP contribution in [0.4, 0.5) is 0 Å². The number of hydrogen-bond donors (Lipinski definition) is 0. The van der Waals surface area contributed by atoms with Crippen molar-refractivity contribution in [3.05, 3.63) is 22.3 Å². The van der Waals surface area contributed by atoms with Crippen LogP contribution in [0.3, 0.4) is 0 Å². The van der Waals surface area contributed by atoms with Gasteiger partial charge in [0, 0.05) is 5.39 Å². The van der Waals surface area contributed by atoms with Crippen molar-refractivity contribution >= 4 is 357 Å². The van der Waals surface area contributed by atoms with Crippen LogP contribution in [0.25, 0.3) is 345 Å². The summed E-state index contributed by atoms with van der Waals surface area (Å²) in [6.45, 7) is 12.1. The van der Waals surface area contributed by atoms with Gasteiger partial charge in [-0.1, -0.05) is 0 Å². The minimum absolute atomic E-state index is 0.403. The van der Waals surface area contributed by atoms with Crippen LogP contribution in [0.1, 0.15) is 63.8 Å². The molecular formula is C81H18O4.